The lowest BCUT2D eigenvalue weighted by atomic mass is 9.79. The van der Waals surface area contributed by atoms with Crippen LogP contribution in [0.15, 0.2) is 0 Å². The van der Waals surface area contributed by atoms with Crippen molar-refractivity contribution in [2.24, 2.45) is 17.8 Å². The van der Waals surface area contributed by atoms with Crippen LogP contribution in [0.25, 0.3) is 0 Å². The first-order valence-electron chi connectivity index (χ1n) is 8.13. The summed E-state index contributed by atoms with van der Waals surface area (Å²) < 4.78 is 0. The fourth-order valence-corrected chi connectivity index (χ4v) is 4.15. The van der Waals surface area contributed by atoms with Crippen molar-refractivity contribution < 1.29 is 0 Å². The van der Waals surface area contributed by atoms with Crippen molar-refractivity contribution >= 4 is 0 Å². The van der Waals surface area contributed by atoms with Crippen LogP contribution in [0.2, 0.25) is 0 Å². The molecule has 2 rings (SSSR count). The van der Waals surface area contributed by atoms with Crippen LogP contribution >= 0.6 is 0 Å². The maximum atomic E-state index is 3.56. The van der Waals surface area contributed by atoms with Crippen LogP contribution in [0, 0.1) is 17.8 Å². The molecular weight excluding hydrogens is 220 g/mol. The van der Waals surface area contributed by atoms with Crippen LogP contribution in [0.5, 0.6) is 0 Å². The van der Waals surface area contributed by atoms with Crippen molar-refractivity contribution in [1.82, 2.24) is 10.2 Å². The van der Waals surface area contributed by atoms with Crippen LogP contribution in [-0.4, -0.2) is 37.1 Å². The number of hydrogen-bond acceptors (Lipinski definition) is 2. The van der Waals surface area contributed by atoms with Crippen molar-refractivity contribution in [3.63, 3.8) is 0 Å². The Labute approximate surface area is 114 Å². The minimum absolute atomic E-state index is 0.857. The van der Waals surface area contributed by atoms with E-state index in [2.05, 4.69) is 31.0 Å². The van der Waals surface area contributed by atoms with Crippen LogP contribution in [0.3, 0.4) is 0 Å². The van der Waals surface area contributed by atoms with E-state index >= 15 is 0 Å². The molecule has 0 aromatic carbocycles. The van der Waals surface area contributed by atoms with Gasteiger partial charge < -0.3 is 10.2 Å². The van der Waals surface area contributed by atoms with Gasteiger partial charge in [-0.3, -0.25) is 0 Å². The lowest BCUT2D eigenvalue weighted by molar-refractivity contribution is 0.0936. The molecule has 3 atom stereocenters. The lowest BCUT2D eigenvalue weighted by Gasteiger charge is -2.40. The molecule has 1 saturated heterocycles. The molecular formula is C16H32N2. The third-order valence-corrected chi connectivity index (χ3v) is 4.97. The van der Waals surface area contributed by atoms with E-state index in [0.29, 0.717) is 0 Å². The maximum Gasteiger partial charge on any atom is 0.0100 e. The number of piperidine rings is 1. The molecule has 1 saturated carbocycles. The van der Waals surface area contributed by atoms with Crippen molar-refractivity contribution in [1.29, 1.82) is 0 Å². The summed E-state index contributed by atoms with van der Waals surface area (Å²) in [5.41, 5.74) is 0. The second-order valence-electron chi connectivity index (χ2n) is 6.87. The number of hydrogen-bond donors (Lipinski definition) is 1. The molecule has 2 heteroatoms. The Bertz CT molecular complexity index is 225. The molecule has 0 spiro atoms. The van der Waals surface area contributed by atoms with Crippen LogP contribution in [0.1, 0.15) is 52.9 Å². The van der Waals surface area contributed by atoms with E-state index in [1.807, 2.05) is 0 Å². The van der Waals surface area contributed by atoms with Gasteiger partial charge in [-0.1, -0.05) is 20.8 Å². The Kier molecular flexibility index (Phi) is 5.50. The van der Waals surface area contributed by atoms with Crippen molar-refractivity contribution in [3.05, 3.63) is 0 Å². The van der Waals surface area contributed by atoms with Gasteiger partial charge >= 0.3 is 0 Å². The van der Waals surface area contributed by atoms with Gasteiger partial charge in [0.15, 0.2) is 0 Å². The molecule has 0 aromatic rings. The summed E-state index contributed by atoms with van der Waals surface area (Å²) >= 11 is 0. The first-order chi connectivity index (χ1) is 8.69. The number of nitrogens with zero attached hydrogens (tertiary/aromatic N) is 1. The van der Waals surface area contributed by atoms with E-state index in [-0.39, 0.29) is 0 Å². The fraction of sp³-hybridized carbons (Fsp3) is 1.00. The highest BCUT2D eigenvalue weighted by molar-refractivity contribution is 4.83. The zero-order chi connectivity index (χ0) is 13.0. The average Bonchev–Trinajstić information content (AvgIpc) is 2.36. The van der Waals surface area contributed by atoms with Gasteiger partial charge in [-0.2, -0.15) is 0 Å². The van der Waals surface area contributed by atoms with E-state index in [4.69, 9.17) is 0 Å². The second-order valence-corrected chi connectivity index (χ2v) is 6.87. The highest BCUT2D eigenvalue weighted by Gasteiger charge is 2.29. The van der Waals surface area contributed by atoms with Crippen molar-refractivity contribution in [2.75, 3.05) is 26.2 Å². The predicted octanol–water partition coefficient (Wildman–Crippen LogP) is 3.13. The largest absolute Gasteiger partial charge is 0.316 e. The molecule has 1 aliphatic carbocycles. The molecule has 106 valence electrons. The molecule has 3 unspecified atom stereocenters. The van der Waals surface area contributed by atoms with E-state index in [9.17, 15) is 0 Å². The predicted molar refractivity (Wildman–Crippen MR) is 78.8 cm³/mol. The molecule has 1 heterocycles. The van der Waals surface area contributed by atoms with Gasteiger partial charge in [0, 0.05) is 12.6 Å². The second kappa shape index (κ2) is 6.91. The van der Waals surface area contributed by atoms with Gasteiger partial charge in [0.05, 0.1) is 0 Å². The van der Waals surface area contributed by atoms with Gasteiger partial charge in [-0.15, -0.1) is 0 Å². The van der Waals surface area contributed by atoms with Crippen LogP contribution in [0.4, 0.5) is 0 Å². The van der Waals surface area contributed by atoms with Gasteiger partial charge in [-0.25, -0.2) is 0 Å². The van der Waals surface area contributed by atoms with E-state index in [1.54, 1.807) is 0 Å². The third-order valence-electron chi connectivity index (χ3n) is 4.97. The average molecular weight is 252 g/mol. The molecule has 2 nitrogen and oxygen atoms in total. The first-order valence-corrected chi connectivity index (χ1v) is 8.13. The van der Waals surface area contributed by atoms with Crippen LogP contribution < -0.4 is 5.32 Å². The molecule has 0 radical (unpaired) electrons. The summed E-state index contributed by atoms with van der Waals surface area (Å²) in [6.07, 6.45) is 7.11. The Hall–Kier alpha value is -0.0800. The molecule has 2 aliphatic rings. The van der Waals surface area contributed by atoms with Crippen molar-refractivity contribution in [3.8, 4) is 0 Å². The molecule has 18 heavy (non-hydrogen) atoms. The van der Waals surface area contributed by atoms with Gasteiger partial charge in [0.1, 0.15) is 0 Å². The zero-order valence-corrected chi connectivity index (χ0v) is 12.6. The highest BCUT2D eigenvalue weighted by Crippen LogP contribution is 2.32. The lowest BCUT2D eigenvalue weighted by Crippen LogP contribution is -2.45. The summed E-state index contributed by atoms with van der Waals surface area (Å²) in [4.78, 5) is 2.78. The Balaban J connectivity index is 1.86. The summed E-state index contributed by atoms with van der Waals surface area (Å²) in [6.45, 7) is 12.3. The smallest absolute Gasteiger partial charge is 0.0100 e. The molecule has 0 amide bonds. The number of nitrogens with one attached hydrogen (secondary N) is 1. The van der Waals surface area contributed by atoms with Gasteiger partial charge in [-0.05, 0) is 69.5 Å². The summed E-state index contributed by atoms with van der Waals surface area (Å²) in [7, 11) is 0. The Morgan fingerprint density at radius 3 is 2.39 bits per heavy atom. The van der Waals surface area contributed by atoms with Gasteiger partial charge in [0.25, 0.3) is 0 Å². The molecule has 2 fully saturated rings. The molecule has 0 bridgehead atoms. The number of rotatable bonds is 4. The normalized spacial score (nSPS) is 38.0. The topological polar surface area (TPSA) is 15.3 Å². The highest BCUT2D eigenvalue weighted by atomic mass is 15.2. The third kappa shape index (κ3) is 3.96. The van der Waals surface area contributed by atoms with Crippen molar-refractivity contribution in [2.45, 2.75) is 58.9 Å². The first kappa shape index (κ1) is 14.3. The van der Waals surface area contributed by atoms with Gasteiger partial charge in [0.2, 0.25) is 0 Å². The maximum absolute atomic E-state index is 3.56. The van der Waals surface area contributed by atoms with E-state index < -0.39 is 0 Å². The Morgan fingerprint density at radius 2 is 1.83 bits per heavy atom. The molecule has 1 aliphatic heterocycles. The quantitative estimate of drug-likeness (QED) is 0.827. The SMILES string of the molecule is CCN(CC1CCCNC1)C1CC(C)CC(C)C1. The minimum atomic E-state index is 0.857. The standard InChI is InChI=1S/C16H32N2/c1-4-18(12-15-6-5-7-17-11-15)16-9-13(2)8-14(3)10-16/h13-17H,4-12H2,1-3H3. The minimum Gasteiger partial charge on any atom is -0.316 e. The molecule has 1 N–H and O–H groups in total. The fourth-order valence-electron chi connectivity index (χ4n) is 4.15. The summed E-state index contributed by atoms with van der Waals surface area (Å²) in [5.74, 6) is 2.75. The summed E-state index contributed by atoms with van der Waals surface area (Å²) in [5, 5.41) is 3.56. The molecule has 0 aromatic heterocycles. The summed E-state index contributed by atoms with van der Waals surface area (Å²) in [6, 6.07) is 0.857. The zero-order valence-electron chi connectivity index (χ0n) is 12.6. The van der Waals surface area contributed by atoms with E-state index in [1.165, 1.54) is 58.3 Å². The Morgan fingerprint density at radius 1 is 1.11 bits per heavy atom. The monoisotopic (exact) mass is 252 g/mol. The van der Waals surface area contributed by atoms with Crippen LogP contribution in [-0.2, 0) is 0 Å². The van der Waals surface area contributed by atoms with E-state index in [0.717, 1.165) is 23.8 Å².